The molecule has 1 aromatic heterocycles. The minimum atomic E-state index is -0.232. The first kappa shape index (κ1) is 31.6. The van der Waals surface area contributed by atoms with Gasteiger partial charge in [-0.2, -0.15) is 0 Å². The van der Waals surface area contributed by atoms with Gasteiger partial charge in [-0.15, -0.1) is 6.42 Å². The van der Waals surface area contributed by atoms with Gasteiger partial charge in [-0.25, -0.2) is 0 Å². The summed E-state index contributed by atoms with van der Waals surface area (Å²) in [5, 5.41) is 3.25. The lowest BCUT2D eigenvalue weighted by atomic mass is 10.1. The number of hydrogen-bond donors (Lipinski definition) is 3. The van der Waals surface area contributed by atoms with Crippen LogP contribution in [0.5, 0.6) is 0 Å². The maximum Gasteiger partial charge on any atom is 0.242 e. The van der Waals surface area contributed by atoms with Gasteiger partial charge in [0.2, 0.25) is 11.8 Å². The normalized spacial score (nSPS) is 12.8. The third-order valence-corrected chi connectivity index (χ3v) is 6.20. The van der Waals surface area contributed by atoms with Gasteiger partial charge in [0.15, 0.2) is 0 Å². The minimum absolute atomic E-state index is 0.231. The Morgan fingerprint density at radius 1 is 1.00 bits per heavy atom. The van der Waals surface area contributed by atoms with Crippen LogP contribution >= 0.6 is 11.8 Å². The number of benzene rings is 2. The second-order valence-electron chi connectivity index (χ2n) is 8.18. The van der Waals surface area contributed by atoms with Crippen molar-refractivity contribution in [3.8, 4) is 12.3 Å². The summed E-state index contributed by atoms with van der Waals surface area (Å²) in [5.74, 6) is 3.08. The zero-order chi connectivity index (χ0) is 29.0. The number of aromatic nitrogens is 1. The summed E-state index contributed by atoms with van der Waals surface area (Å²) < 4.78 is 0. The van der Waals surface area contributed by atoms with Crippen LogP contribution in [-0.2, 0) is 16.0 Å². The second kappa shape index (κ2) is 18.6. The Hall–Kier alpha value is -4.61. The molecule has 7 nitrogen and oxygen atoms in total. The molecule has 2 amide bonds. The molecule has 2 heterocycles. The van der Waals surface area contributed by atoms with Crippen molar-refractivity contribution in [2.75, 3.05) is 6.54 Å². The number of aliphatic imine (C=N–C) groups is 1. The molecule has 0 unspecified atom stereocenters. The zero-order valence-corrected chi connectivity index (χ0v) is 23.9. The highest BCUT2D eigenvalue weighted by atomic mass is 32.2. The van der Waals surface area contributed by atoms with E-state index in [0.717, 1.165) is 34.1 Å². The first-order valence-corrected chi connectivity index (χ1v) is 13.6. The molecule has 0 atom stereocenters. The van der Waals surface area contributed by atoms with Gasteiger partial charge in [-0.3, -0.25) is 30.4 Å². The average molecular weight is 554 g/mol. The van der Waals surface area contributed by atoms with Crippen LogP contribution in [0.25, 0.3) is 0 Å². The van der Waals surface area contributed by atoms with E-state index in [1.165, 1.54) is 4.90 Å². The Morgan fingerprint density at radius 2 is 1.65 bits per heavy atom. The third-order valence-electron chi connectivity index (χ3n) is 5.12. The highest BCUT2D eigenvalue weighted by molar-refractivity contribution is 8.03. The number of carbonyl (C=O) groups excluding carboxylic acids is 2. The standard InChI is InChI=1S/C14H14N2S.C13H16N2O2.C5H5N/c1-4-12-10(3)17-13-9-7-6-8-11(13)14(16-12)15-5-2;1-2-3-9-12(16)14-15-13(17)10-11-7-5-4-6-8-11;1-2-4-6-5-3-1/h1,6-9H,5H2,2-3H3,(H,15,16);2-8H,9-10H2,1H3,(H,14,16)(H,15,17);1-5H/b;3-2-;. The number of rotatable bonds is 5. The van der Waals surface area contributed by atoms with E-state index in [2.05, 4.69) is 44.2 Å². The summed E-state index contributed by atoms with van der Waals surface area (Å²) in [6, 6.07) is 23.3. The smallest absolute Gasteiger partial charge is 0.242 e. The Bertz CT molecular complexity index is 1320. The average Bonchev–Trinajstić information content (AvgIpc) is 3.12. The van der Waals surface area contributed by atoms with Gasteiger partial charge in [0.25, 0.3) is 0 Å². The fourth-order valence-electron chi connectivity index (χ4n) is 3.21. The van der Waals surface area contributed by atoms with Crippen LogP contribution in [0.4, 0.5) is 0 Å². The van der Waals surface area contributed by atoms with Gasteiger partial charge in [-0.1, -0.05) is 84.4 Å². The predicted molar refractivity (Wildman–Crippen MR) is 164 cm³/mol. The number of nitrogens with zero attached hydrogens (tertiary/aromatic N) is 2. The highest BCUT2D eigenvalue weighted by Gasteiger charge is 2.16. The minimum Gasteiger partial charge on any atom is -0.332 e. The third kappa shape index (κ3) is 11.8. The molecule has 206 valence electrons. The molecule has 40 heavy (non-hydrogen) atoms. The molecule has 2 aromatic carbocycles. The monoisotopic (exact) mass is 553 g/mol. The molecule has 0 saturated carbocycles. The van der Waals surface area contributed by atoms with E-state index in [1.807, 2.05) is 81.4 Å². The van der Waals surface area contributed by atoms with Crippen LogP contribution < -0.4 is 16.2 Å². The molecule has 1 aliphatic rings. The molecule has 8 heteroatoms. The predicted octanol–water partition coefficient (Wildman–Crippen LogP) is 5.44. The number of hydrazine groups is 1. The number of pyridine rings is 1. The fourth-order valence-corrected chi connectivity index (χ4v) is 4.18. The molecule has 0 bridgehead atoms. The number of fused-ring (bicyclic) bond motifs is 1. The largest absolute Gasteiger partial charge is 0.332 e. The topological polar surface area (TPSA) is 95.5 Å². The lowest BCUT2D eigenvalue weighted by Gasteiger charge is -2.08. The van der Waals surface area contributed by atoms with Gasteiger partial charge in [-0.05, 0) is 44.5 Å². The van der Waals surface area contributed by atoms with Crippen LogP contribution in [0.2, 0.25) is 0 Å². The van der Waals surface area contributed by atoms with Crippen LogP contribution in [0, 0.1) is 12.3 Å². The van der Waals surface area contributed by atoms with Crippen molar-refractivity contribution in [3.63, 3.8) is 0 Å². The van der Waals surface area contributed by atoms with Crippen molar-refractivity contribution in [2.24, 2.45) is 4.99 Å². The number of amidine groups is 1. The molecule has 4 rings (SSSR count). The number of allylic oxidation sites excluding steroid dienone is 3. The summed E-state index contributed by atoms with van der Waals surface area (Å²) in [5.41, 5.74) is 7.54. The SMILES string of the molecule is C#CC1=C(C)Sc2ccccc2C(=NCC)N1.C/C=C\CC(=O)NNC(=O)Cc1ccccc1.c1ccncc1. The number of carbonyl (C=O) groups is 2. The van der Waals surface area contributed by atoms with E-state index in [4.69, 9.17) is 6.42 Å². The van der Waals surface area contributed by atoms with E-state index in [-0.39, 0.29) is 24.7 Å². The summed E-state index contributed by atoms with van der Waals surface area (Å²) in [6.07, 6.45) is 13.0. The van der Waals surface area contributed by atoms with E-state index in [0.29, 0.717) is 0 Å². The second-order valence-corrected chi connectivity index (χ2v) is 9.43. The molecule has 0 fully saturated rings. The van der Waals surface area contributed by atoms with Crippen molar-refractivity contribution >= 4 is 29.4 Å². The molecular formula is C32H35N5O2S. The molecule has 3 N–H and O–H groups in total. The molecule has 1 aliphatic heterocycles. The lowest BCUT2D eigenvalue weighted by molar-refractivity contribution is -0.128. The van der Waals surface area contributed by atoms with Crippen molar-refractivity contribution in [1.29, 1.82) is 0 Å². The molecule has 0 radical (unpaired) electrons. The first-order chi connectivity index (χ1) is 19.5. The van der Waals surface area contributed by atoms with Crippen LogP contribution in [0.1, 0.15) is 38.3 Å². The van der Waals surface area contributed by atoms with Crippen LogP contribution in [0.3, 0.4) is 0 Å². The Balaban J connectivity index is 0.000000232. The van der Waals surface area contributed by atoms with E-state index < -0.39 is 0 Å². The molecule has 0 spiro atoms. The van der Waals surface area contributed by atoms with E-state index in [1.54, 1.807) is 36.3 Å². The quantitative estimate of drug-likeness (QED) is 0.222. The number of amides is 2. The van der Waals surface area contributed by atoms with E-state index >= 15 is 0 Å². The molecule has 0 aliphatic carbocycles. The molecular weight excluding hydrogens is 518 g/mol. The summed E-state index contributed by atoms with van der Waals surface area (Å²) in [6.45, 7) is 6.61. The summed E-state index contributed by atoms with van der Waals surface area (Å²) in [7, 11) is 0. The van der Waals surface area contributed by atoms with E-state index in [9.17, 15) is 9.59 Å². The summed E-state index contributed by atoms with van der Waals surface area (Å²) >= 11 is 1.69. The molecule has 0 saturated heterocycles. The van der Waals surface area contributed by atoms with Crippen molar-refractivity contribution < 1.29 is 9.59 Å². The molecule has 3 aromatic rings. The highest BCUT2D eigenvalue weighted by Crippen LogP contribution is 2.33. The Kier molecular flexibility index (Phi) is 14.7. The lowest BCUT2D eigenvalue weighted by Crippen LogP contribution is -2.42. The number of hydrogen-bond acceptors (Lipinski definition) is 5. The maximum atomic E-state index is 11.4. The van der Waals surface area contributed by atoms with Crippen LogP contribution in [0.15, 0.2) is 118 Å². The number of terminal acetylenes is 1. The fraction of sp³-hybridized carbons (Fsp3) is 0.188. The maximum absolute atomic E-state index is 11.4. The first-order valence-electron chi connectivity index (χ1n) is 12.8. The van der Waals surface area contributed by atoms with Gasteiger partial charge in [0.1, 0.15) is 11.5 Å². The van der Waals surface area contributed by atoms with Crippen molar-refractivity contribution in [3.05, 3.63) is 119 Å². The number of thioether (sulfide) groups is 1. The van der Waals surface area contributed by atoms with Gasteiger partial charge in [0.05, 0.1) is 6.42 Å². The number of nitrogens with one attached hydrogen (secondary N) is 3. The Morgan fingerprint density at radius 3 is 2.25 bits per heavy atom. The zero-order valence-electron chi connectivity index (χ0n) is 23.1. The van der Waals surface area contributed by atoms with Gasteiger partial charge >= 0.3 is 0 Å². The van der Waals surface area contributed by atoms with Gasteiger partial charge in [0, 0.05) is 40.7 Å². The van der Waals surface area contributed by atoms with Crippen molar-refractivity contribution in [2.45, 2.75) is 38.5 Å². The van der Waals surface area contributed by atoms with Crippen molar-refractivity contribution in [1.82, 2.24) is 21.2 Å². The van der Waals surface area contributed by atoms with Gasteiger partial charge < -0.3 is 5.32 Å². The van der Waals surface area contributed by atoms with Crippen LogP contribution in [-0.4, -0.2) is 29.2 Å². The Labute approximate surface area is 241 Å². The summed E-state index contributed by atoms with van der Waals surface area (Å²) in [4.78, 5) is 33.2.